The van der Waals surface area contributed by atoms with Crippen molar-refractivity contribution in [2.75, 3.05) is 40.4 Å². The molecule has 24 heavy (non-hydrogen) atoms. The number of aliphatic imine (C=N–C) groups is 1. The Hall–Kier alpha value is -2.02. The van der Waals surface area contributed by atoms with Gasteiger partial charge in [0.25, 0.3) is 0 Å². The third-order valence-corrected chi connectivity index (χ3v) is 4.11. The van der Waals surface area contributed by atoms with Crippen LogP contribution in [0, 0.1) is 5.92 Å². The van der Waals surface area contributed by atoms with Crippen LogP contribution >= 0.6 is 0 Å². The monoisotopic (exact) mass is 337 g/mol. The summed E-state index contributed by atoms with van der Waals surface area (Å²) in [6, 6.07) is 3.76. The van der Waals surface area contributed by atoms with Gasteiger partial charge in [0.2, 0.25) is 0 Å². The van der Waals surface area contributed by atoms with E-state index >= 15 is 0 Å². The van der Waals surface area contributed by atoms with Gasteiger partial charge in [-0.25, -0.2) is 0 Å². The third kappa shape index (κ3) is 5.56. The molecule has 0 atom stereocenters. The number of hydrogen-bond acceptors (Lipinski definition) is 5. The summed E-state index contributed by atoms with van der Waals surface area (Å²) >= 11 is 0. The summed E-state index contributed by atoms with van der Waals surface area (Å²) in [5.41, 5.74) is 0. The molecule has 134 valence electrons. The molecule has 1 fully saturated rings. The lowest BCUT2D eigenvalue weighted by Crippen LogP contribution is -2.47. The number of guanidine groups is 1. The van der Waals surface area contributed by atoms with Crippen LogP contribution in [-0.4, -0.2) is 57.2 Å². The minimum absolute atomic E-state index is 0.0133. The summed E-state index contributed by atoms with van der Waals surface area (Å²) in [5, 5.41) is 3.35. The van der Waals surface area contributed by atoms with Crippen molar-refractivity contribution in [1.82, 2.24) is 10.2 Å². The molecule has 0 unspecified atom stereocenters. The highest BCUT2D eigenvalue weighted by Crippen LogP contribution is 2.18. The first-order valence-electron chi connectivity index (χ1n) is 8.38. The molecule has 0 radical (unpaired) electrons. The van der Waals surface area contributed by atoms with Crippen molar-refractivity contribution in [3.8, 4) is 0 Å². The van der Waals surface area contributed by atoms with Crippen LogP contribution < -0.4 is 5.32 Å². The molecule has 0 aromatic carbocycles. The second-order valence-electron chi connectivity index (χ2n) is 5.74. The molecule has 0 aliphatic carbocycles. The van der Waals surface area contributed by atoms with Gasteiger partial charge in [-0.3, -0.25) is 9.79 Å². The molecular formula is C17H27N3O4. The van der Waals surface area contributed by atoms with Crippen LogP contribution in [0.2, 0.25) is 0 Å². The van der Waals surface area contributed by atoms with Crippen molar-refractivity contribution >= 4 is 11.9 Å². The van der Waals surface area contributed by atoms with Gasteiger partial charge in [-0.05, 0) is 31.4 Å². The highest BCUT2D eigenvalue weighted by Gasteiger charge is 2.26. The Morgan fingerprint density at radius 2 is 2.25 bits per heavy atom. The molecule has 0 saturated carbocycles. The van der Waals surface area contributed by atoms with Gasteiger partial charge < -0.3 is 24.1 Å². The summed E-state index contributed by atoms with van der Waals surface area (Å²) in [5.74, 6) is 1.63. The third-order valence-electron chi connectivity index (χ3n) is 4.11. The number of carbonyl (C=O) groups excluding carboxylic acids is 1. The highest BCUT2D eigenvalue weighted by molar-refractivity contribution is 5.80. The highest BCUT2D eigenvalue weighted by atomic mass is 16.5. The number of furan rings is 1. The molecular weight excluding hydrogens is 310 g/mol. The van der Waals surface area contributed by atoms with E-state index in [1.54, 1.807) is 13.3 Å². The number of hydrogen-bond donors (Lipinski definition) is 1. The maximum Gasteiger partial charge on any atom is 0.308 e. The number of esters is 1. The van der Waals surface area contributed by atoms with E-state index in [9.17, 15) is 4.79 Å². The molecule has 1 aromatic rings. The average molecular weight is 337 g/mol. The molecule has 1 aliphatic heterocycles. The molecule has 7 heteroatoms. The van der Waals surface area contributed by atoms with E-state index in [2.05, 4.69) is 15.2 Å². The molecule has 2 heterocycles. The Bertz CT molecular complexity index is 508. The minimum Gasteiger partial charge on any atom is -0.469 e. The maximum atomic E-state index is 11.6. The fourth-order valence-corrected chi connectivity index (χ4v) is 2.77. The number of nitrogens with zero attached hydrogens (tertiary/aromatic N) is 2. The molecule has 1 aromatic heterocycles. The summed E-state index contributed by atoms with van der Waals surface area (Å²) in [6.45, 7) is 3.59. The number of rotatable bonds is 7. The van der Waals surface area contributed by atoms with E-state index in [1.807, 2.05) is 12.1 Å². The van der Waals surface area contributed by atoms with Crippen LogP contribution in [0.5, 0.6) is 0 Å². The Morgan fingerprint density at radius 3 is 2.88 bits per heavy atom. The molecule has 0 bridgehead atoms. The van der Waals surface area contributed by atoms with Gasteiger partial charge in [-0.2, -0.15) is 0 Å². The Kier molecular flexibility index (Phi) is 7.61. The van der Waals surface area contributed by atoms with Crippen molar-refractivity contribution < 1.29 is 18.7 Å². The predicted molar refractivity (Wildman–Crippen MR) is 90.7 cm³/mol. The molecule has 7 nitrogen and oxygen atoms in total. The second kappa shape index (κ2) is 9.97. The lowest BCUT2D eigenvalue weighted by atomic mass is 9.97. The van der Waals surface area contributed by atoms with Crippen LogP contribution in [0.3, 0.4) is 0 Å². The SMILES string of the molecule is CN=C(NCCCOCc1ccco1)N1CCC(C(=O)OC)CC1. The Morgan fingerprint density at radius 1 is 1.46 bits per heavy atom. The van der Waals surface area contributed by atoms with Gasteiger partial charge in [0.05, 0.1) is 19.3 Å². The van der Waals surface area contributed by atoms with E-state index in [1.165, 1.54) is 7.11 Å². The number of ether oxygens (including phenoxy) is 2. The predicted octanol–water partition coefficient (Wildman–Crippen LogP) is 1.65. The molecule has 1 N–H and O–H groups in total. The second-order valence-corrected chi connectivity index (χ2v) is 5.74. The largest absolute Gasteiger partial charge is 0.469 e. The van der Waals surface area contributed by atoms with Crippen molar-refractivity contribution in [3.63, 3.8) is 0 Å². The molecule has 0 amide bonds. The average Bonchev–Trinajstić information content (AvgIpc) is 3.14. The number of likely N-dealkylation sites (tertiary alicyclic amines) is 1. The topological polar surface area (TPSA) is 76.3 Å². The van der Waals surface area contributed by atoms with Gasteiger partial charge in [-0.15, -0.1) is 0 Å². The smallest absolute Gasteiger partial charge is 0.308 e. The zero-order chi connectivity index (χ0) is 17.2. The lowest BCUT2D eigenvalue weighted by Gasteiger charge is -2.33. The first-order valence-corrected chi connectivity index (χ1v) is 8.38. The van der Waals surface area contributed by atoms with Crippen LogP contribution in [0.15, 0.2) is 27.8 Å². The maximum absolute atomic E-state index is 11.6. The minimum atomic E-state index is -0.105. The Labute approximate surface area is 143 Å². The molecule has 1 aliphatic rings. The van der Waals surface area contributed by atoms with E-state index in [4.69, 9.17) is 13.9 Å². The van der Waals surface area contributed by atoms with Gasteiger partial charge >= 0.3 is 5.97 Å². The van der Waals surface area contributed by atoms with Gasteiger partial charge in [0, 0.05) is 33.3 Å². The van der Waals surface area contributed by atoms with Crippen LogP contribution in [0.25, 0.3) is 0 Å². The lowest BCUT2D eigenvalue weighted by molar-refractivity contribution is -0.146. The fourth-order valence-electron chi connectivity index (χ4n) is 2.77. The molecule has 0 spiro atoms. The van der Waals surface area contributed by atoms with Crippen molar-refractivity contribution in [2.24, 2.45) is 10.9 Å². The molecule has 2 rings (SSSR count). The number of piperidine rings is 1. The van der Waals surface area contributed by atoms with Gasteiger partial charge in [0.1, 0.15) is 12.4 Å². The Balaban J connectivity index is 1.60. The fraction of sp³-hybridized carbons (Fsp3) is 0.647. The van der Waals surface area contributed by atoms with Gasteiger partial charge in [0.15, 0.2) is 5.96 Å². The quantitative estimate of drug-likeness (QED) is 0.353. The van der Waals surface area contributed by atoms with Crippen molar-refractivity contribution in [3.05, 3.63) is 24.2 Å². The van der Waals surface area contributed by atoms with E-state index in [0.29, 0.717) is 13.2 Å². The number of carbonyl (C=O) groups is 1. The van der Waals surface area contributed by atoms with Gasteiger partial charge in [-0.1, -0.05) is 0 Å². The summed E-state index contributed by atoms with van der Waals surface area (Å²) in [7, 11) is 3.23. The van der Waals surface area contributed by atoms with Crippen LogP contribution in [0.4, 0.5) is 0 Å². The zero-order valence-electron chi connectivity index (χ0n) is 14.5. The van der Waals surface area contributed by atoms with E-state index in [-0.39, 0.29) is 11.9 Å². The van der Waals surface area contributed by atoms with Crippen LogP contribution in [-0.2, 0) is 20.9 Å². The standard InChI is InChI=1S/C17H27N3O4/c1-18-17(20-9-6-14(7-10-20)16(21)22-2)19-8-4-11-23-13-15-5-3-12-24-15/h3,5,12,14H,4,6-11,13H2,1-2H3,(H,18,19). The number of methoxy groups -OCH3 is 1. The number of nitrogens with one attached hydrogen (secondary N) is 1. The van der Waals surface area contributed by atoms with Crippen molar-refractivity contribution in [1.29, 1.82) is 0 Å². The first kappa shape index (κ1) is 18.3. The van der Waals surface area contributed by atoms with E-state index in [0.717, 1.165) is 50.6 Å². The van der Waals surface area contributed by atoms with Crippen molar-refractivity contribution in [2.45, 2.75) is 25.9 Å². The molecule has 1 saturated heterocycles. The first-order chi connectivity index (χ1) is 11.7. The zero-order valence-corrected chi connectivity index (χ0v) is 14.5. The summed E-state index contributed by atoms with van der Waals surface area (Å²) < 4.78 is 15.6. The van der Waals surface area contributed by atoms with E-state index < -0.39 is 0 Å². The summed E-state index contributed by atoms with van der Waals surface area (Å²) in [6.07, 6.45) is 4.14. The summed E-state index contributed by atoms with van der Waals surface area (Å²) in [4.78, 5) is 18.1. The normalized spacial score (nSPS) is 16.2. The van der Waals surface area contributed by atoms with Crippen LogP contribution in [0.1, 0.15) is 25.0 Å².